The van der Waals surface area contributed by atoms with Crippen LogP contribution in [-0.2, 0) is 11.8 Å². The number of alkyl halides is 3. The molecule has 8 heteroatoms. The summed E-state index contributed by atoms with van der Waals surface area (Å²) in [6, 6.07) is 3.20. The van der Waals surface area contributed by atoms with E-state index in [1.54, 1.807) is 24.6 Å². The summed E-state index contributed by atoms with van der Waals surface area (Å²) in [6.45, 7) is 0.682. The zero-order valence-corrected chi connectivity index (χ0v) is 11.6. The van der Waals surface area contributed by atoms with Crippen LogP contribution < -0.4 is 0 Å². The van der Waals surface area contributed by atoms with Crippen LogP contribution in [0.3, 0.4) is 0 Å². The Morgan fingerprint density at radius 3 is 2.33 bits per heavy atom. The van der Waals surface area contributed by atoms with Crippen LogP contribution in [0.1, 0.15) is 22.6 Å². The van der Waals surface area contributed by atoms with Gasteiger partial charge in [-0.3, -0.25) is 9.59 Å². The zero-order valence-electron chi connectivity index (χ0n) is 11.6. The maximum atomic E-state index is 13.1. The first-order chi connectivity index (χ1) is 9.60. The van der Waals surface area contributed by atoms with Crippen molar-refractivity contribution < 1.29 is 27.9 Å². The number of nitrogens with zero attached hydrogens (tertiary/aromatic N) is 2. The highest BCUT2D eigenvalue weighted by Crippen LogP contribution is 2.45. The Morgan fingerprint density at radius 2 is 1.95 bits per heavy atom. The summed E-state index contributed by atoms with van der Waals surface area (Å²) in [5.74, 6) is -2.52. The highest BCUT2D eigenvalue weighted by Gasteiger charge is 2.64. The molecular formula is C13H15F3N2O3. The molecule has 0 saturated carbocycles. The lowest BCUT2D eigenvalue weighted by molar-refractivity contribution is -0.227. The van der Waals surface area contributed by atoms with Gasteiger partial charge < -0.3 is 14.6 Å². The molecule has 1 amide bonds. The van der Waals surface area contributed by atoms with Crippen molar-refractivity contribution in [3.05, 3.63) is 23.5 Å². The molecule has 0 bridgehead atoms. The van der Waals surface area contributed by atoms with Gasteiger partial charge in [0.2, 0.25) is 0 Å². The molecule has 1 saturated heterocycles. The second-order valence-electron chi connectivity index (χ2n) is 5.28. The number of carboxylic acid groups (broad SMARTS) is 1. The molecule has 1 fully saturated rings. The Hall–Kier alpha value is -1.99. The van der Waals surface area contributed by atoms with E-state index in [1.165, 1.54) is 6.07 Å². The number of carboxylic acids is 1. The number of rotatable bonds is 2. The first-order valence-corrected chi connectivity index (χ1v) is 6.32. The van der Waals surface area contributed by atoms with Crippen molar-refractivity contribution in [3.63, 3.8) is 0 Å². The number of likely N-dealkylation sites (tertiary alicyclic amines) is 1. The van der Waals surface area contributed by atoms with Crippen LogP contribution in [-0.4, -0.2) is 45.7 Å². The molecule has 0 spiro atoms. The molecule has 1 aromatic rings. The van der Waals surface area contributed by atoms with Crippen molar-refractivity contribution in [1.29, 1.82) is 0 Å². The standard InChI is InChI=1S/C13H15F3N2O3/c1-8-3-4-9(17(8)2)10(19)18-6-5-12(7-18,11(20)21)13(14,15)16/h3-4H,5-7H2,1-2H3,(H,20,21). The van der Waals surface area contributed by atoms with Crippen molar-refractivity contribution in [2.75, 3.05) is 13.1 Å². The molecule has 1 atom stereocenters. The second-order valence-corrected chi connectivity index (χ2v) is 5.28. The lowest BCUT2D eigenvalue weighted by Gasteiger charge is -2.27. The molecule has 1 aliphatic heterocycles. The summed E-state index contributed by atoms with van der Waals surface area (Å²) >= 11 is 0. The normalized spacial score (nSPS) is 22.6. The predicted molar refractivity (Wildman–Crippen MR) is 66.8 cm³/mol. The van der Waals surface area contributed by atoms with Gasteiger partial charge in [0, 0.05) is 25.8 Å². The van der Waals surface area contributed by atoms with Crippen LogP contribution in [0.5, 0.6) is 0 Å². The van der Waals surface area contributed by atoms with Gasteiger partial charge in [0.25, 0.3) is 5.91 Å². The van der Waals surface area contributed by atoms with Crippen LogP contribution in [0, 0.1) is 12.3 Å². The lowest BCUT2D eigenvalue weighted by Crippen LogP contribution is -2.47. The van der Waals surface area contributed by atoms with Crippen molar-refractivity contribution in [2.24, 2.45) is 12.5 Å². The van der Waals surface area contributed by atoms with E-state index in [9.17, 15) is 22.8 Å². The van der Waals surface area contributed by atoms with Crippen LogP contribution in [0.15, 0.2) is 12.1 Å². The molecular weight excluding hydrogens is 289 g/mol. The average molecular weight is 304 g/mol. The molecule has 0 aromatic carbocycles. The van der Waals surface area contributed by atoms with Crippen molar-refractivity contribution >= 4 is 11.9 Å². The highest BCUT2D eigenvalue weighted by molar-refractivity contribution is 5.94. The van der Waals surface area contributed by atoms with E-state index in [1.807, 2.05) is 0 Å². The van der Waals surface area contributed by atoms with Gasteiger partial charge >= 0.3 is 12.1 Å². The Morgan fingerprint density at radius 1 is 1.33 bits per heavy atom. The number of hydrogen-bond donors (Lipinski definition) is 1. The van der Waals surface area contributed by atoms with Crippen molar-refractivity contribution in [2.45, 2.75) is 19.5 Å². The van der Waals surface area contributed by atoms with Gasteiger partial charge in [0.05, 0.1) is 0 Å². The smallest absolute Gasteiger partial charge is 0.406 e. The molecule has 116 valence electrons. The molecule has 0 radical (unpaired) electrons. The minimum atomic E-state index is -4.89. The monoisotopic (exact) mass is 304 g/mol. The average Bonchev–Trinajstić information content (AvgIpc) is 2.95. The summed E-state index contributed by atoms with van der Waals surface area (Å²) in [7, 11) is 1.63. The SMILES string of the molecule is Cc1ccc(C(=O)N2CCC(C(=O)O)(C(F)(F)F)C2)n1C. The van der Waals surface area contributed by atoms with Crippen LogP contribution in [0.4, 0.5) is 13.2 Å². The summed E-state index contributed by atoms with van der Waals surface area (Å²) in [5, 5.41) is 8.97. The summed E-state index contributed by atoms with van der Waals surface area (Å²) in [4.78, 5) is 24.3. The predicted octanol–water partition coefficient (Wildman–Crippen LogP) is 1.81. The van der Waals surface area contributed by atoms with Crippen LogP contribution >= 0.6 is 0 Å². The van der Waals surface area contributed by atoms with E-state index < -0.39 is 36.4 Å². The van der Waals surface area contributed by atoms with E-state index in [0.717, 1.165) is 10.6 Å². The molecule has 2 heterocycles. The first kappa shape index (κ1) is 15.4. The minimum Gasteiger partial charge on any atom is -0.481 e. The molecule has 1 unspecified atom stereocenters. The van der Waals surface area contributed by atoms with E-state index in [2.05, 4.69) is 0 Å². The van der Waals surface area contributed by atoms with Crippen LogP contribution in [0.2, 0.25) is 0 Å². The fourth-order valence-corrected chi connectivity index (χ4v) is 2.50. The number of halogens is 3. The minimum absolute atomic E-state index is 0.227. The van der Waals surface area contributed by atoms with E-state index in [-0.39, 0.29) is 12.2 Å². The molecule has 5 nitrogen and oxygen atoms in total. The first-order valence-electron chi connectivity index (χ1n) is 6.32. The van der Waals surface area contributed by atoms with E-state index in [4.69, 9.17) is 5.11 Å². The number of aryl methyl sites for hydroxylation is 1. The van der Waals surface area contributed by atoms with E-state index in [0.29, 0.717) is 0 Å². The van der Waals surface area contributed by atoms with Gasteiger partial charge in [-0.05, 0) is 25.5 Å². The Balaban J connectivity index is 2.28. The number of aromatic nitrogens is 1. The van der Waals surface area contributed by atoms with Gasteiger partial charge in [-0.25, -0.2) is 0 Å². The van der Waals surface area contributed by atoms with Crippen LogP contribution in [0.25, 0.3) is 0 Å². The lowest BCUT2D eigenvalue weighted by atomic mass is 9.86. The number of amides is 1. The largest absolute Gasteiger partial charge is 0.481 e. The molecule has 1 N–H and O–H groups in total. The fraction of sp³-hybridized carbons (Fsp3) is 0.538. The third-order valence-corrected chi connectivity index (χ3v) is 4.10. The van der Waals surface area contributed by atoms with Crippen molar-refractivity contribution in [3.8, 4) is 0 Å². The highest BCUT2D eigenvalue weighted by atomic mass is 19.4. The molecule has 2 rings (SSSR count). The van der Waals surface area contributed by atoms with Gasteiger partial charge in [0.15, 0.2) is 5.41 Å². The number of hydrogen-bond acceptors (Lipinski definition) is 2. The fourth-order valence-electron chi connectivity index (χ4n) is 2.50. The Kier molecular flexibility index (Phi) is 3.51. The van der Waals surface area contributed by atoms with Gasteiger partial charge in [-0.2, -0.15) is 13.2 Å². The quantitative estimate of drug-likeness (QED) is 0.906. The Labute approximate surface area is 119 Å². The maximum Gasteiger partial charge on any atom is 0.406 e. The number of aliphatic carboxylic acids is 1. The van der Waals surface area contributed by atoms with Crippen molar-refractivity contribution in [1.82, 2.24) is 9.47 Å². The maximum absolute atomic E-state index is 13.1. The second kappa shape index (κ2) is 4.78. The molecule has 1 aliphatic rings. The van der Waals surface area contributed by atoms with Gasteiger partial charge in [-0.1, -0.05) is 0 Å². The number of carbonyl (C=O) groups is 2. The summed E-state index contributed by atoms with van der Waals surface area (Å²) < 4.78 is 40.8. The molecule has 1 aromatic heterocycles. The third kappa shape index (κ3) is 2.28. The number of carbonyl (C=O) groups excluding carboxylic acids is 1. The molecule has 21 heavy (non-hydrogen) atoms. The zero-order chi connectivity index (χ0) is 16.0. The molecule has 0 aliphatic carbocycles. The van der Waals surface area contributed by atoms with Gasteiger partial charge in [-0.15, -0.1) is 0 Å². The van der Waals surface area contributed by atoms with E-state index >= 15 is 0 Å². The third-order valence-electron chi connectivity index (χ3n) is 4.10. The Bertz CT molecular complexity index is 594. The summed E-state index contributed by atoms with van der Waals surface area (Å²) in [5.41, 5.74) is -1.84. The van der Waals surface area contributed by atoms with Gasteiger partial charge in [0.1, 0.15) is 5.69 Å². The topological polar surface area (TPSA) is 62.5 Å². The summed E-state index contributed by atoms with van der Waals surface area (Å²) in [6.07, 6.45) is -5.51.